The first-order valence-corrected chi connectivity index (χ1v) is 19.1. The van der Waals surface area contributed by atoms with Gasteiger partial charge >= 0.3 is 5.97 Å². The minimum atomic E-state index is -1.80. The molecule has 3 saturated heterocycles. The standard InChI is InChI=1S/C38H72N2O12/c1-15-27-38(10,46)31(42)24(6)40(13)19-20(2)17-36(8,45)33(52-35-29(41)26(39(11)12)16-21(3)48-35)22(4)30(23(5)34(44)50-27)51-28-18-37(9,47-14)32(43)25(7)49-28/h20-33,35,41-43,45-46H,15-19H2,1-14H3/t20-,21-,22+,23-,24-,25-,26+,27-,28-,29-,30+,31-,32-,33-,35+,36+,37+,38-/m1/s1. The molecule has 0 amide bonds. The summed E-state index contributed by atoms with van der Waals surface area (Å²) in [5, 5.41) is 58.1. The maximum absolute atomic E-state index is 14.2. The van der Waals surface area contributed by atoms with E-state index in [-0.39, 0.29) is 37.3 Å². The topological polar surface area (TPSA) is 180 Å². The van der Waals surface area contributed by atoms with Crippen molar-refractivity contribution in [2.24, 2.45) is 17.8 Å². The maximum atomic E-state index is 14.2. The zero-order valence-corrected chi connectivity index (χ0v) is 34.2. The third-order valence-electron chi connectivity index (χ3n) is 12.2. The third kappa shape index (κ3) is 10.0. The summed E-state index contributed by atoms with van der Waals surface area (Å²) in [6, 6.07) is -0.808. The molecule has 0 aromatic rings. The minimum Gasteiger partial charge on any atom is -0.459 e. The number of hydrogen-bond acceptors (Lipinski definition) is 14. The molecule has 3 aliphatic rings. The van der Waals surface area contributed by atoms with Crippen LogP contribution in [0.1, 0.15) is 94.9 Å². The van der Waals surface area contributed by atoms with Crippen molar-refractivity contribution in [3.8, 4) is 0 Å². The number of esters is 1. The van der Waals surface area contributed by atoms with Crippen LogP contribution in [0.3, 0.4) is 0 Å². The highest BCUT2D eigenvalue weighted by Crippen LogP contribution is 2.40. The number of aliphatic hydroxyl groups excluding tert-OH is 3. The predicted molar refractivity (Wildman–Crippen MR) is 194 cm³/mol. The van der Waals surface area contributed by atoms with Crippen molar-refractivity contribution < 1.29 is 58.7 Å². The first-order valence-electron chi connectivity index (χ1n) is 19.1. The molecule has 0 unspecified atom stereocenters. The summed E-state index contributed by atoms with van der Waals surface area (Å²) in [6.45, 7) is 18.0. The van der Waals surface area contributed by atoms with Gasteiger partial charge in [-0.05, 0) is 94.8 Å². The molecule has 14 heteroatoms. The van der Waals surface area contributed by atoms with Gasteiger partial charge in [0.25, 0.3) is 0 Å². The van der Waals surface area contributed by atoms with Gasteiger partial charge in [0.15, 0.2) is 12.6 Å². The SMILES string of the molecule is CC[C@H]1OC(=O)[C@H](C)[C@@H](O[C@@H]2C[C@](C)(OC)[C@H](O)[C@@H](C)O2)[C@H](C)[C@@H](O[C@@H]2O[C@H](C)C[C@H](N(C)C)[C@H]2O)[C@@](C)(O)C[C@@H](C)CN(C)[C@H](C)[C@@H](O)[C@]1(C)O. The smallest absolute Gasteiger partial charge is 0.311 e. The number of nitrogens with zero attached hydrogens (tertiary/aromatic N) is 2. The fourth-order valence-electron chi connectivity index (χ4n) is 8.74. The molecule has 5 N–H and O–H groups in total. The first kappa shape index (κ1) is 45.4. The summed E-state index contributed by atoms with van der Waals surface area (Å²) in [7, 11) is 7.12. The summed E-state index contributed by atoms with van der Waals surface area (Å²) in [5.41, 5.74) is -4.37. The lowest BCUT2D eigenvalue weighted by molar-refractivity contribution is -0.318. The molecule has 0 aromatic carbocycles. The summed E-state index contributed by atoms with van der Waals surface area (Å²) in [5.74, 6) is -2.58. The van der Waals surface area contributed by atoms with E-state index in [0.717, 1.165) is 0 Å². The first-order chi connectivity index (χ1) is 23.9. The van der Waals surface area contributed by atoms with Gasteiger partial charge in [-0.25, -0.2) is 0 Å². The zero-order valence-electron chi connectivity index (χ0n) is 34.2. The van der Waals surface area contributed by atoms with E-state index in [2.05, 4.69) is 0 Å². The molecule has 52 heavy (non-hydrogen) atoms. The van der Waals surface area contributed by atoms with E-state index in [1.165, 1.54) is 14.0 Å². The highest BCUT2D eigenvalue weighted by Gasteiger charge is 2.52. The van der Waals surface area contributed by atoms with Crippen molar-refractivity contribution in [3.05, 3.63) is 0 Å². The molecule has 3 heterocycles. The van der Waals surface area contributed by atoms with Crippen molar-refractivity contribution in [2.45, 2.75) is 185 Å². The zero-order chi connectivity index (χ0) is 39.7. The number of carbonyl (C=O) groups excluding carboxylic acids is 1. The summed E-state index contributed by atoms with van der Waals surface area (Å²) >= 11 is 0. The van der Waals surface area contributed by atoms with Crippen LogP contribution in [0.15, 0.2) is 0 Å². The van der Waals surface area contributed by atoms with Gasteiger partial charge < -0.3 is 63.8 Å². The Hall–Kier alpha value is -1.01. The van der Waals surface area contributed by atoms with Crippen molar-refractivity contribution >= 4 is 5.97 Å². The van der Waals surface area contributed by atoms with Crippen molar-refractivity contribution in [3.63, 3.8) is 0 Å². The highest BCUT2D eigenvalue weighted by molar-refractivity contribution is 5.73. The lowest BCUT2D eigenvalue weighted by Gasteiger charge is -2.48. The molecule has 14 nitrogen and oxygen atoms in total. The van der Waals surface area contributed by atoms with Gasteiger partial charge in [0.05, 0.1) is 41.5 Å². The number of methoxy groups -OCH3 is 1. The number of likely N-dealkylation sites (N-methyl/N-ethyl adjacent to an activating group) is 2. The molecule has 3 aliphatic heterocycles. The van der Waals surface area contributed by atoms with E-state index in [1.54, 1.807) is 41.5 Å². The van der Waals surface area contributed by atoms with E-state index in [9.17, 15) is 30.3 Å². The Bertz CT molecular complexity index is 1140. The molecule has 3 fully saturated rings. The molecule has 0 bridgehead atoms. The van der Waals surface area contributed by atoms with E-state index >= 15 is 0 Å². The molecule has 0 radical (unpaired) electrons. The number of hydrogen-bond donors (Lipinski definition) is 5. The predicted octanol–water partition coefficient (Wildman–Crippen LogP) is 1.90. The molecule has 0 aliphatic carbocycles. The van der Waals surface area contributed by atoms with Crippen LogP contribution in [-0.2, 0) is 33.2 Å². The van der Waals surface area contributed by atoms with E-state index < -0.39 is 96.0 Å². The second-order valence-electron chi connectivity index (χ2n) is 17.2. The van der Waals surface area contributed by atoms with Crippen LogP contribution in [0.2, 0.25) is 0 Å². The normalized spacial score (nSPS) is 49.6. The average molecular weight is 749 g/mol. The molecule has 18 atom stereocenters. The Balaban J connectivity index is 2.17. The maximum Gasteiger partial charge on any atom is 0.311 e. The van der Waals surface area contributed by atoms with E-state index in [0.29, 0.717) is 13.0 Å². The number of rotatable bonds is 7. The molecular formula is C38H72N2O12. The van der Waals surface area contributed by atoms with Gasteiger partial charge in [-0.1, -0.05) is 20.8 Å². The van der Waals surface area contributed by atoms with Crippen LogP contribution in [0, 0.1) is 17.8 Å². The minimum absolute atomic E-state index is 0.133. The molecule has 3 rings (SSSR count). The van der Waals surface area contributed by atoms with Crippen LogP contribution < -0.4 is 0 Å². The van der Waals surface area contributed by atoms with Crippen molar-refractivity contribution in [1.82, 2.24) is 9.80 Å². The van der Waals surface area contributed by atoms with Gasteiger partial charge in [-0.2, -0.15) is 0 Å². The van der Waals surface area contributed by atoms with Crippen LogP contribution in [0.5, 0.6) is 0 Å². The van der Waals surface area contributed by atoms with Crippen molar-refractivity contribution in [2.75, 3.05) is 34.8 Å². The molecule has 0 aromatic heterocycles. The van der Waals surface area contributed by atoms with Crippen molar-refractivity contribution in [1.29, 1.82) is 0 Å². The Morgan fingerprint density at radius 1 is 0.942 bits per heavy atom. The molecule has 306 valence electrons. The number of cyclic esters (lactones) is 1. The largest absolute Gasteiger partial charge is 0.459 e. The van der Waals surface area contributed by atoms with Gasteiger partial charge in [0, 0.05) is 38.1 Å². The average Bonchev–Trinajstić information content (AvgIpc) is 3.05. The van der Waals surface area contributed by atoms with Gasteiger partial charge in [0.1, 0.15) is 30.0 Å². The lowest BCUT2D eigenvalue weighted by atomic mass is 9.77. The molecule has 0 spiro atoms. The second kappa shape index (κ2) is 17.8. The second-order valence-corrected chi connectivity index (χ2v) is 17.2. The molecule has 0 saturated carbocycles. The third-order valence-corrected chi connectivity index (χ3v) is 12.2. The number of ether oxygens (including phenoxy) is 6. The highest BCUT2D eigenvalue weighted by atomic mass is 16.7. The Morgan fingerprint density at radius 3 is 2.12 bits per heavy atom. The van der Waals surface area contributed by atoms with Crippen LogP contribution in [-0.4, -0.2) is 166 Å². The fraction of sp³-hybridized carbons (Fsp3) is 0.974. The summed E-state index contributed by atoms with van der Waals surface area (Å²) < 4.78 is 37.5. The Kier molecular flexibility index (Phi) is 15.6. The fourth-order valence-corrected chi connectivity index (χ4v) is 8.74. The summed E-state index contributed by atoms with van der Waals surface area (Å²) in [4.78, 5) is 18.0. The molecular weight excluding hydrogens is 676 g/mol. The van der Waals surface area contributed by atoms with Gasteiger partial charge in [0.2, 0.25) is 0 Å². The summed E-state index contributed by atoms with van der Waals surface area (Å²) in [6.07, 6.45) is -8.19. The van der Waals surface area contributed by atoms with Gasteiger partial charge in [-0.15, -0.1) is 0 Å². The Morgan fingerprint density at radius 2 is 1.56 bits per heavy atom. The van der Waals surface area contributed by atoms with E-state index in [4.69, 9.17) is 28.4 Å². The number of aliphatic hydroxyl groups is 5. The van der Waals surface area contributed by atoms with Crippen LogP contribution in [0.4, 0.5) is 0 Å². The van der Waals surface area contributed by atoms with E-state index in [1.807, 2.05) is 51.7 Å². The monoisotopic (exact) mass is 749 g/mol. The number of carbonyl (C=O) groups is 1. The van der Waals surface area contributed by atoms with Gasteiger partial charge in [-0.3, -0.25) is 4.79 Å². The lowest BCUT2D eigenvalue weighted by Crippen LogP contribution is -2.60. The van der Waals surface area contributed by atoms with Crippen LogP contribution in [0.25, 0.3) is 0 Å². The Labute approximate surface area is 312 Å². The van der Waals surface area contributed by atoms with Crippen LogP contribution >= 0.6 is 0 Å². The quantitative estimate of drug-likeness (QED) is 0.238.